The molecule has 3 atom stereocenters. The zero-order chi connectivity index (χ0) is 35.0. The molecule has 0 fully saturated rings. The molecule has 0 aliphatic carbocycles. The monoisotopic (exact) mass is 666 g/mol. The molecular weight excluding hydrogens is 634 g/mol. The summed E-state index contributed by atoms with van der Waals surface area (Å²) in [6, 6.07) is 7.99. The highest BCUT2D eigenvalue weighted by molar-refractivity contribution is 6.06. The average Bonchev–Trinajstić information content (AvgIpc) is 3.61. The largest absolute Gasteiger partial charge is 0.496 e. The normalized spacial score (nSPS) is 17.0. The number of ether oxygens (including phenoxy) is 2. The fraction of sp³-hybridized carbons (Fsp3) is 0.429. The number of aliphatic carboxylic acids is 2. The van der Waals surface area contributed by atoms with Crippen LogP contribution in [0.1, 0.15) is 24.5 Å². The molecule has 2 aliphatic heterocycles. The van der Waals surface area contributed by atoms with Gasteiger partial charge in [0, 0.05) is 29.7 Å². The molecule has 46 heavy (non-hydrogen) atoms. The fourth-order valence-corrected chi connectivity index (χ4v) is 4.46. The standard InChI is InChI=1S/C16H20F3N3O3.C10H11NO3.C2HF3O2/c1-3-10(20)15(24)22-11-5-4-6-13(25-2)9(11)7-12(22)14(23)21-8-16(17,18)19;1-14-9-4-2-3-7-6(9)5-8(11-7)10(12)13;3-2(4,5)1(6)7/h4-6,10,12H,3,7-8,20H2,1-2H3,(H,21,23);2-4,8,11H,5H2,1H3,(H,12,13);(H,6,7)/t10-,12-;8-;/m00./s1. The van der Waals surface area contributed by atoms with Gasteiger partial charge in [-0.25, -0.2) is 9.59 Å². The molecule has 2 heterocycles. The van der Waals surface area contributed by atoms with Crippen LogP contribution in [0, 0.1) is 0 Å². The van der Waals surface area contributed by atoms with Crippen molar-refractivity contribution in [3.05, 3.63) is 47.5 Å². The summed E-state index contributed by atoms with van der Waals surface area (Å²) in [6.45, 7) is 0.252. The number of halogens is 6. The molecule has 2 aromatic carbocycles. The zero-order valence-electron chi connectivity index (χ0n) is 24.7. The third kappa shape index (κ3) is 9.63. The van der Waals surface area contributed by atoms with Gasteiger partial charge in [0.05, 0.1) is 25.9 Å². The van der Waals surface area contributed by atoms with Gasteiger partial charge in [-0.15, -0.1) is 0 Å². The second kappa shape index (κ2) is 15.5. The second-order valence-electron chi connectivity index (χ2n) is 9.76. The predicted octanol–water partition coefficient (Wildman–Crippen LogP) is 3.12. The maximum atomic E-state index is 12.6. The molecule has 2 amide bonds. The van der Waals surface area contributed by atoms with Crippen molar-refractivity contribution in [3.8, 4) is 11.5 Å². The lowest BCUT2D eigenvalue weighted by atomic mass is 10.1. The van der Waals surface area contributed by atoms with Gasteiger partial charge in [0.1, 0.15) is 30.1 Å². The zero-order valence-corrected chi connectivity index (χ0v) is 24.7. The summed E-state index contributed by atoms with van der Waals surface area (Å²) in [7, 11) is 3.03. The summed E-state index contributed by atoms with van der Waals surface area (Å²) in [5.41, 5.74) is 8.62. The number of hydrogen-bond donors (Lipinski definition) is 5. The van der Waals surface area contributed by atoms with Gasteiger partial charge in [-0.05, 0) is 30.7 Å². The number of fused-ring (bicyclic) bond motifs is 2. The van der Waals surface area contributed by atoms with Crippen molar-refractivity contribution in [2.75, 3.05) is 31.0 Å². The molecule has 254 valence electrons. The van der Waals surface area contributed by atoms with Crippen LogP contribution >= 0.6 is 0 Å². The van der Waals surface area contributed by atoms with Crippen molar-refractivity contribution >= 4 is 35.1 Å². The number of methoxy groups -OCH3 is 2. The number of carboxylic acid groups (broad SMARTS) is 2. The Morgan fingerprint density at radius 2 is 1.52 bits per heavy atom. The Labute approximate surface area is 258 Å². The van der Waals surface area contributed by atoms with Gasteiger partial charge in [0.15, 0.2) is 0 Å². The van der Waals surface area contributed by atoms with E-state index in [1.807, 2.05) is 23.5 Å². The lowest BCUT2D eigenvalue weighted by Gasteiger charge is -2.27. The van der Waals surface area contributed by atoms with Crippen LogP contribution in [0.25, 0.3) is 0 Å². The van der Waals surface area contributed by atoms with E-state index in [-0.39, 0.29) is 6.42 Å². The summed E-state index contributed by atoms with van der Waals surface area (Å²) >= 11 is 0. The molecule has 4 rings (SSSR count). The van der Waals surface area contributed by atoms with Gasteiger partial charge >= 0.3 is 24.3 Å². The van der Waals surface area contributed by atoms with Crippen LogP contribution in [-0.4, -0.2) is 85.2 Å². The Hall–Kier alpha value is -4.74. The summed E-state index contributed by atoms with van der Waals surface area (Å²) in [5.74, 6) is -3.77. The van der Waals surface area contributed by atoms with Gasteiger partial charge < -0.3 is 36.1 Å². The number of carboxylic acids is 2. The van der Waals surface area contributed by atoms with Crippen molar-refractivity contribution in [2.45, 2.75) is 56.7 Å². The van der Waals surface area contributed by atoms with Gasteiger partial charge in [0.25, 0.3) is 0 Å². The first-order valence-electron chi connectivity index (χ1n) is 13.4. The van der Waals surface area contributed by atoms with Crippen LogP contribution in [0.2, 0.25) is 0 Å². The van der Waals surface area contributed by atoms with Crippen molar-refractivity contribution < 1.29 is 65.2 Å². The maximum Gasteiger partial charge on any atom is 0.490 e. The van der Waals surface area contributed by atoms with Gasteiger partial charge in [-0.1, -0.05) is 19.1 Å². The number of nitrogens with zero attached hydrogens (tertiary/aromatic N) is 1. The van der Waals surface area contributed by atoms with E-state index in [1.54, 1.807) is 32.2 Å². The highest BCUT2D eigenvalue weighted by Crippen LogP contribution is 2.39. The van der Waals surface area contributed by atoms with E-state index in [4.69, 9.17) is 30.2 Å². The minimum Gasteiger partial charge on any atom is -0.496 e. The fourth-order valence-electron chi connectivity index (χ4n) is 4.46. The molecule has 0 unspecified atom stereocenters. The van der Waals surface area contributed by atoms with Crippen LogP contribution in [0.4, 0.5) is 37.7 Å². The smallest absolute Gasteiger partial charge is 0.490 e. The quantitative estimate of drug-likeness (QED) is 0.276. The lowest BCUT2D eigenvalue weighted by molar-refractivity contribution is -0.192. The molecule has 0 radical (unpaired) electrons. The second-order valence-corrected chi connectivity index (χ2v) is 9.76. The highest BCUT2D eigenvalue weighted by Gasteiger charge is 2.42. The van der Waals surface area contributed by atoms with E-state index >= 15 is 0 Å². The summed E-state index contributed by atoms with van der Waals surface area (Å²) < 4.78 is 79.3. The van der Waals surface area contributed by atoms with E-state index in [1.165, 1.54) is 12.0 Å². The molecular formula is C28H32F6N4O8. The van der Waals surface area contributed by atoms with Crippen LogP contribution in [0.3, 0.4) is 0 Å². The number of carbonyl (C=O) groups is 4. The molecule has 18 heteroatoms. The van der Waals surface area contributed by atoms with Crippen LogP contribution in [-0.2, 0) is 32.0 Å². The van der Waals surface area contributed by atoms with E-state index < -0.39 is 60.8 Å². The van der Waals surface area contributed by atoms with Gasteiger partial charge in [-0.3, -0.25) is 14.5 Å². The summed E-state index contributed by atoms with van der Waals surface area (Å²) in [5, 5.41) is 20.7. The van der Waals surface area contributed by atoms with Crippen molar-refractivity contribution in [1.82, 2.24) is 5.32 Å². The number of amides is 2. The average molecular weight is 667 g/mol. The van der Waals surface area contributed by atoms with E-state index in [2.05, 4.69) is 5.32 Å². The summed E-state index contributed by atoms with van der Waals surface area (Å²) in [4.78, 5) is 45.8. The van der Waals surface area contributed by atoms with E-state index in [0.29, 0.717) is 29.8 Å². The first kappa shape index (κ1) is 37.4. The minimum absolute atomic E-state index is 0.0607. The maximum absolute atomic E-state index is 12.6. The van der Waals surface area contributed by atoms with Crippen molar-refractivity contribution in [1.29, 1.82) is 0 Å². The number of nitrogens with one attached hydrogen (secondary N) is 2. The molecule has 12 nitrogen and oxygen atoms in total. The predicted molar refractivity (Wildman–Crippen MR) is 151 cm³/mol. The van der Waals surface area contributed by atoms with Gasteiger partial charge in [0.2, 0.25) is 11.8 Å². The van der Waals surface area contributed by atoms with Crippen LogP contribution in [0.5, 0.6) is 11.5 Å². The van der Waals surface area contributed by atoms with Crippen LogP contribution < -0.4 is 30.7 Å². The number of carbonyl (C=O) groups excluding carboxylic acids is 2. The van der Waals surface area contributed by atoms with E-state index in [0.717, 1.165) is 17.0 Å². The molecule has 0 aromatic heterocycles. The summed E-state index contributed by atoms with van der Waals surface area (Å²) in [6.07, 6.45) is -8.74. The first-order chi connectivity index (χ1) is 21.4. The Bertz CT molecular complexity index is 1420. The number of anilines is 2. The molecule has 0 spiro atoms. The Balaban J connectivity index is 0.000000292. The number of benzene rings is 2. The topological polar surface area (TPSA) is 181 Å². The number of alkyl halides is 6. The van der Waals surface area contributed by atoms with Crippen molar-refractivity contribution in [2.24, 2.45) is 5.73 Å². The van der Waals surface area contributed by atoms with Crippen LogP contribution in [0.15, 0.2) is 36.4 Å². The Morgan fingerprint density at radius 3 is 2.00 bits per heavy atom. The number of rotatable bonds is 7. The molecule has 0 bridgehead atoms. The number of hydrogen-bond acceptors (Lipinski definition) is 8. The molecule has 6 N–H and O–H groups in total. The molecule has 2 aliphatic rings. The minimum atomic E-state index is -5.08. The van der Waals surface area contributed by atoms with E-state index in [9.17, 15) is 40.7 Å². The Kier molecular flexibility index (Phi) is 12.6. The lowest BCUT2D eigenvalue weighted by Crippen LogP contribution is -2.53. The third-order valence-corrected chi connectivity index (χ3v) is 6.69. The van der Waals surface area contributed by atoms with Gasteiger partial charge in [-0.2, -0.15) is 26.3 Å². The third-order valence-electron chi connectivity index (χ3n) is 6.69. The SMILES string of the molecule is CC[C@H](N)C(=O)N1c2cccc(OC)c2C[C@H]1C(=O)NCC(F)(F)F.COc1cccc2c1C[C@@H](C(=O)O)N2.O=C(O)C(F)(F)F. The first-order valence-corrected chi connectivity index (χ1v) is 13.4. The highest BCUT2D eigenvalue weighted by atomic mass is 19.4. The molecule has 0 saturated carbocycles. The Morgan fingerprint density at radius 1 is 0.978 bits per heavy atom. The molecule has 0 saturated heterocycles. The number of nitrogens with two attached hydrogens (primary N) is 1. The molecule has 2 aromatic rings. The van der Waals surface area contributed by atoms with Crippen molar-refractivity contribution in [3.63, 3.8) is 0 Å².